The lowest BCUT2D eigenvalue weighted by molar-refractivity contribution is 0.609. The molecule has 1 saturated carbocycles. The average Bonchev–Trinajstić information content (AvgIpc) is 3.05. The highest BCUT2D eigenvalue weighted by Gasteiger charge is 2.35. The monoisotopic (exact) mass is 339 g/mol. The van der Waals surface area contributed by atoms with Crippen LogP contribution in [0.3, 0.4) is 0 Å². The number of fused-ring (bicyclic) bond motifs is 3. The van der Waals surface area contributed by atoms with Gasteiger partial charge in [-0.15, -0.1) is 0 Å². The van der Waals surface area contributed by atoms with Gasteiger partial charge in [0.1, 0.15) is 5.84 Å². The smallest absolute Gasteiger partial charge is 0.103 e. The summed E-state index contributed by atoms with van der Waals surface area (Å²) >= 11 is 6.02. The highest BCUT2D eigenvalue weighted by atomic mass is 35.5. The molecule has 0 amide bonds. The van der Waals surface area contributed by atoms with Gasteiger partial charge in [0.05, 0.1) is 5.69 Å². The highest BCUT2D eigenvalue weighted by Crippen LogP contribution is 2.46. The molecule has 1 fully saturated rings. The Morgan fingerprint density at radius 1 is 1.04 bits per heavy atom. The molecular weight excluding hydrogens is 318 g/mol. The van der Waals surface area contributed by atoms with Gasteiger partial charge in [-0.2, -0.15) is 0 Å². The molecule has 124 valence electrons. The Morgan fingerprint density at radius 2 is 1.83 bits per heavy atom. The Balaban J connectivity index is 1.46. The van der Waals surface area contributed by atoms with E-state index < -0.39 is 0 Å². The Labute approximate surface area is 147 Å². The second-order valence-electron chi connectivity index (χ2n) is 6.81. The van der Waals surface area contributed by atoms with E-state index >= 15 is 0 Å². The number of benzene rings is 2. The van der Waals surface area contributed by atoms with Gasteiger partial charge in [-0.3, -0.25) is 0 Å². The van der Waals surface area contributed by atoms with Crippen LogP contribution in [0, 0.1) is 5.92 Å². The molecule has 3 nitrogen and oxygen atoms in total. The molecule has 4 rings (SSSR count). The summed E-state index contributed by atoms with van der Waals surface area (Å²) in [4.78, 5) is 4.68. The molecule has 24 heavy (non-hydrogen) atoms. The van der Waals surface area contributed by atoms with Crippen LogP contribution in [0.15, 0.2) is 47.5 Å². The number of amidine groups is 1. The maximum Gasteiger partial charge on any atom is 0.103 e. The summed E-state index contributed by atoms with van der Waals surface area (Å²) in [7, 11) is 0. The van der Waals surface area contributed by atoms with Gasteiger partial charge >= 0.3 is 0 Å². The summed E-state index contributed by atoms with van der Waals surface area (Å²) in [5.74, 6) is 1.87. The highest BCUT2D eigenvalue weighted by molar-refractivity contribution is 6.30. The Bertz CT molecular complexity index is 784. The molecule has 0 spiro atoms. The van der Waals surface area contributed by atoms with E-state index in [1.807, 2.05) is 18.2 Å². The van der Waals surface area contributed by atoms with E-state index in [0.717, 1.165) is 29.6 Å². The number of nitrogens with two attached hydrogens (primary N) is 1. The summed E-state index contributed by atoms with van der Waals surface area (Å²) in [6.45, 7) is 1.61. The molecule has 0 saturated heterocycles. The lowest BCUT2D eigenvalue weighted by atomic mass is 9.84. The van der Waals surface area contributed by atoms with E-state index in [-0.39, 0.29) is 0 Å². The van der Waals surface area contributed by atoms with Gasteiger partial charge in [-0.05, 0) is 53.6 Å². The second kappa shape index (κ2) is 6.58. The van der Waals surface area contributed by atoms with E-state index in [0.29, 0.717) is 11.8 Å². The zero-order valence-corrected chi connectivity index (χ0v) is 14.4. The van der Waals surface area contributed by atoms with Crippen molar-refractivity contribution in [1.82, 2.24) is 5.32 Å². The fourth-order valence-electron chi connectivity index (χ4n) is 4.02. The number of rotatable bonds is 4. The predicted molar refractivity (Wildman–Crippen MR) is 99.8 cm³/mol. The van der Waals surface area contributed by atoms with E-state index in [4.69, 9.17) is 17.3 Å². The van der Waals surface area contributed by atoms with Gasteiger partial charge in [-0.25, -0.2) is 4.99 Å². The fraction of sp³-hybridized carbons (Fsp3) is 0.350. The van der Waals surface area contributed by atoms with Crippen LogP contribution in [0.2, 0.25) is 5.02 Å². The minimum absolute atomic E-state index is 0.462. The lowest BCUT2D eigenvalue weighted by Crippen LogP contribution is -2.28. The van der Waals surface area contributed by atoms with Crippen molar-refractivity contribution in [3.63, 3.8) is 0 Å². The van der Waals surface area contributed by atoms with Crippen molar-refractivity contribution < 1.29 is 0 Å². The molecule has 0 bridgehead atoms. The van der Waals surface area contributed by atoms with Gasteiger partial charge in [0.15, 0.2) is 0 Å². The largest absolute Gasteiger partial charge is 0.387 e. The first kappa shape index (κ1) is 15.7. The predicted octanol–water partition coefficient (Wildman–Crippen LogP) is 4.52. The zero-order chi connectivity index (χ0) is 16.5. The maximum absolute atomic E-state index is 6.20. The van der Waals surface area contributed by atoms with Crippen LogP contribution in [0.4, 0.5) is 5.69 Å². The normalized spacial score (nSPS) is 22.0. The summed E-state index contributed by atoms with van der Waals surface area (Å²) < 4.78 is 0. The molecule has 0 radical (unpaired) electrons. The molecule has 2 aliphatic rings. The standard InChI is InChI=1S/C20H22ClN3/c21-15-4-1-3-13(9-15)11-23-12-14-7-8-17-16-5-2-6-18(16)20(22)24-19(17)10-14/h1,3-4,7-10,16,18,23H,2,5-6,11-12H2,(H2,22,24). The van der Waals surface area contributed by atoms with Crippen LogP contribution < -0.4 is 11.1 Å². The SMILES string of the molecule is NC1=Nc2cc(CNCc3cccc(Cl)c3)ccc2C2CCCC12. The Hall–Kier alpha value is -1.84. The molecule has 0 aromatic heterocycles. The molecule has 4 heteroatoms. The van der Waals surface area contributed by atoms with Crippen LogP contribution >= 0.6 is 11.6 Å². The number of halogens is 1. The average molecular weight is 340 g/mol. The van der Waals surface area contributed by atoms with Crippen molar-refractivity contribution >= 4 is 23.1 Å². The van der Waals surface area contributed by atoms with Crippen LogP contribution in [0.5, 0.6) is 0 Å². The van der Waals surface area contributed by atoms with Gasteiger partial charge < -0.3 is 11.1 Å². The van der Waals surface area contributed by atoms with Gasteiger partial charge in [-0.1, -0.05) is 42.3 Å². The zero-order valence-electron chi connectivity index (χ0n) is 13.6. The first-order valence-electron chi connectivity index (χ1n) is 8.63. The van der Waals surface area contributed by atoms with Crippen LogP contribution in [-0.2, 0) is 13.1 Å². The third-order valence-corrected chi connectivity index (χ3v) is 5.42. The van der Waals surface area contributed by atoms with Crippen molar-refractivity contribution in [3.8, 4) is 0 Å². The molecule has 2 aromatic rings. The minimum Gasteiger partial charge on any atom is -0.387 e. The topological polar surface area (TPSA) is 50.4 Å². The number of nitrogens with one attached hydrogen (secondary N) is 1. The number of hydrogen-bond donors (Lipinski definition) is 2. The summed E-state index contributed by atoms with van der Waals surface area (Å²) in [5, 5.41) is 4.25. The minimum atomic E-state index is 0.462. The van der Waals surface area contributed by atoms with Crippen molar-refractivity contribution in [1.29, 1.82) is 0 Å². The summed E-state index contributed by atoms with van der Waals surface area (Å²) in [6, 6.07) is 14.6. The van der Waals surface area contributed by atoms with Crippen LogP contribution in [0.1, 0.15) is 41.9 Å². The van der Waals surface area contributed by atoms with E-state index in [1.165, 1.54) is 36.0 Å². The summed E-state index contributed by atoms with van der Waals surface area (Å²) in [5.41, 5.74) is 11.1. The Kier molecular flexibility index (Phi) is 4.30. The van der Waals surface area contributed by atoms with Crippen molar-refractivity contribution in [2.45, 2.75) is 38.3 Å². The fourth-order valence-corrected chi connectivity index (χ4v) is 4.23. The quantitative estimate of drug-likeness (QED) is 0.860. The first-order chi connectivity index (χ1) is 11.7. The van der Waals surface area contributed by atoms with E-state index in [1.54, 1.807) is 0 Å². The third-order valence-electron chi connectivity index (χ3n) is 5.19. The summed E-state index contributed by atoms with van der Waals surface area (Å²) in [6.07, 6.45) is 3.68. The molecule has 2 unspecified atom stereocenters. The number of aliphatic imine (C=N–C) groups is 1. The lowest BCUT2D eigenvalue weighted by Gasteiger charge is -2.26. The van der Waals surface area contributed by atoms with Crippen LogP contribution in [0.25, 0.3) is 0 Å². The number of nitrogens with zero attached hydrogens (tertiary/aromatic N) is 1. The number of hydrogen-bond acceptors (Lipinski definition) is 3. The molecule has 2 atom stereocenters. The first-order valence-corrected chi connectivity index (χ1v) is 9.00. The molecule has 3 N–H and O–H groups in total. The third kappa shape index (κ3) is 3.06. The van der Waals surface area contributed by atoms with Crippen molar-refractivity contribution in [2.24, 2.45) is 16.6 Å². The van der Waals surface area contributed by atoms with Gasteiger partial charge in [0, 0.05) is 24.0 Å². The molecular formula is C20H22ClN3. The molecule has 1 aliphatic carbocycles. The molecule has 1 heterocycles. The molecule has 2 aromatic carbocycles. The Morgan fingerprint density at radius 3 is 2.67 bits per heavy atom. The van der Waals surface area contributed by atoms with Crippen LogP contribution in [-0.4, -0.2) is 5.84 Å². The van der Waals surface area contributed by atoms with E-state index in [2.05, 4.69) is 34.6 Å². The van der Waals surface area contributed by atoms with Gasteiger partial charge in [0.25, 0.3) is 0 Å². The second-order valence-corrected chi connectivity index (χ2v) is 7.24. The van der Waals surface area contributed by atoms with Crippen molar-refractivity contribution in [2.75, 3.05) is 0 Å². The van der Waals surface area contributed by atoms with Gasteiger partial charge in [0.2, 0.25) is 0 Å². The molecule has 1 aliphatic heterocycles. The van der Waals surface area contributed by atoms with Crippen molar-refractivity contribution in [3.05, 3.63) is 64.2 Å². The van der Waals surface area contributed by atoms with E-state index in [9.17, 15) is 0 Å². The maximum atomic E-state index is 6.20.